The zero-order valence-electron chi connectivity index (χ0n) is 19.8. The molecule has 1 heterocycles. The molecule has 1 aromatic heterocycles. The molecule has 1 aromatic carbocycles. The van der Waals surface area contributed by atoms with E-state index in [4.69, 9.17) is 16.3 Å². The summed E-state index contributed by atoms with van der Waals surface area (Å²) in [4.78, 5) is 19.2. The number of ether oxygens (including phenoxy) is 1. The fourth-order valence-electron chi connectivity index (χ4n) is 3.46. The third-order valence-corrected chi connectivity index (χ3v) is 7.97. The van der Waals surface area contributed by atoms with Crippen LogP contribution in [-0.4, -0.2) is 44.4 Å². The molecule has 182 valence electrons. The summed E-state index contributed by atoms with van der Waals surface area (Å²) in [7, 11) is -3.73. The van der Waals surface area contributed by atoms with Gasteiger partial charge in [-0.3, -0.25) is 9.69 Å². The number of aromatic nitrogens is 1. The van der Waals surface area contributed by atoms with Gasteiger partial charge in [-0.2, -0.15) is 0 Å². The summed E-state index contributed by atoms with van der Waals surface area (Å²) >= 11 is 9.27. The molecule has 0 spiro atoms. The minimum absolute atomic E-state index is 0.0434. The first-order valence-electron chi connectivity index (χ1n) is 10.8. The Labute approximate surface area is 210 Å². The molecule has 1 atom stereocenters. The van der Waals surface area contributed by atoms with Gasteiger partial charge in [-0.05, 0) is 61.7 Å². The van der Waals surface area contributed by atoms with E-state index in [0.717, 1.165) is 5.56 Å². The number of alkyl halides is 1. The molecular weight excluding hydrogens is 528 g/mol. The van der Waals surface area contributed by atoms with Gasteiger partial charge in [-0.1, -0.05) is 48.3 Å². The fourth-order valence-corrected chi connectivity index (χ4v) is 5.65. The molecule has 0 fully saturated rings. The number of halogens is 2. The molecule has 1 amide bonds. The number of nitrogens with zero attached hydrogens (tertiary/aromatic N) is 2. The first-order chi connectivity index (χ1) is 15.4. The molecule has 0 aliphatic rings. The number of pyridine rings is 1. The van der Waals surface area contributed by atoms with Crippen molar-refractivity contribution in [2.24, 2.45) is 5.41 Å². The molecule has 0 aliphatic heterocycles. The zero-order chi connectivity index (χ0) is 24.8. The van der Waals surface area contributed by atoms with Crippen molar-refractivity contribution in [2.75, 3.05) is 30.0 Å². The Morgan fingerprint density at radius 3 is 2.36 bits per heavy atom. The van der Waals surface area contributed by atoms with Crippen LogP contribution >= 0.6 is 27.5 Å². The first-order valence-corrected chi connectivity index (χ1v) is 13.9. The van der Waals surface area contributed by atoms with Gasteiger partial charge < -0.3 is 4.74 Å². The highest BCUT2D eigenvalue weighted by molar-refractivity contribution is 9.09. The van der Waals surface area contributed by atoms with E-state index < -0.39 is 20.5 Å². The molecule has 9 heteroatoms. The Bertz CT molecular complexity index is 1050. The summed E-state index contributed by atoms with van der Waals surface area (Å²) in [5, 5.41) is 0.298. The van der Waals surface area contributed by atoms with E-state index >= 15 is 0 Å². The van der Waals surface area contributed by atoms with Gasteiger partial charge in [-0.15, -0.1) is 0 Å². The van der Waals surface area contributed by atoms with Gasteiger partial charge in [0.05, 0.1) is 16.8 Å². The normalized spacial score (nSPS) is 13.1. The molecule has 0 saturated heterocycles. The van der Waals surface area contributed by atoms with Crippen LogP contribution in [0.1, 0.15) is 50.5 Å². The first kappa shape index (κ1) is 27.8. The lowest BCUT2D eigenvalue weighted by atomic mass is 9.94. The van der Waals surface area contributed by atoms with Gasteiger partial charge in [0, 0.05) is 35.1 Å². The number of sulfone groups is 1. The van der Waals surface area contributed by atoms with Gasteiger partial charge in [0.25, 0.3) is 0 Å². The maximum Gasteiger partial charge on any atom is 0.233 e. The Hall–Kier alpha value is -1.48. The average Bonchev–Trinajstić information content (AvgIpc) is 2.74. The van der Waals surface area contributed by atoms with E-state index in [-0.39, 0.29) is 23.8 Å². The number of rotatable bonds is 10. The molecule has 33 heavy (non-hydrogen) atoms. The van der Waals surface area contributed by atoms with Gasteiger partial charge >= 0.3 is 0 Å². The van der Waals surface area contributed by atoms with E-state index in [9.17, 15) is 13.2 Å². The molecule has 0 radical (unpaired) electrons. The minimum Gasteiger partial charge on any atom is -0.381 e. The van der Waals surface area contributed by atoms with Crippen molar-refractivity contribution < 1.29 is 17.9 Å². The quantitative estimate of drug-likeness (QED) is 0.273. The van der Waals surface area contributed by atoms with E-state index in [1.54, 1.807) is 29.3 Å². The van der Waals surface area contributed by atoms with E-state index in [1.807, 2.05) is 34.6 Å². The van der Waals surface area contributed by atoms with Crippen LogP contribution in [0.5, 0.6) is 0 Å². The molecule has 0 N–H and O–H groups in total. The standard InChI is InChI=1S/C24H32BrClN2O4S/c1-6-28(23(29)24(3,4)5)22-15-17(2)20(16-27-22)21(11-13-32-14-12-25)33(30,31)19-9-7-18(26)8-10-19/h7-10,15-16,21H,6,11-14H2,1-5H3. The summed E-state index contributed by atoms with van der Waals surface area (Å²) in [6, 6.07) is 7.95. The SMILES string of the molecule is CCN(C(=O)C(C)(C)C)c1cc(C)c(C(CCOCCBr)S(=O)(=O)c2ccc(Cl)cc2)cn1. The monoisotopic (exact) mass is 558 g/mol. The van der Waals surface area contributed by atoms with Crippen LogP contribution in [0.4, 0.5) is 5.82 Å². The van der Waals surface area contributed by atoms with E-state index in [0.29, 0.717) is 34.9 Å². The van der Waals surface area contributed by atoms with Crippen LogP contribution in [0, 0.1) is 12.3 Å². The summed E-state index contributed by atoms with van der Waals surface area (Å²) in [6.45, 7) is 10.6. The maximum atomic E-state index is 13.6. The van der Waals surface area contributed by atoms with E-state index in [1.165, 1.54) is 12.1 Å². The van der Waals surface area contributed by atoms with Crippen LogP contribution in [0.3, 0.4) is 0 Å². The fraction of sp³-hybridized carbons (Fsp3) is 0.500. The molecule has 6 nitrogen and oxygen atoms in total. The predicted molar refractivity (Wildman–Crippen MR) is 137 cm³/mol. The Balaban J connectivity index is 2.48. The summed E-state index contributed by atoms with van der Waals surface area (Å²) in [6.07, 6.45) is 1.85. The lowest BCUT2D eigenvalue weighted by molar-refractivity contribution is -0.125. The van der Waals surface area contributed by atoms with Crippen LogP contribution in [-0.2, 0) is 19.4 Å². The van der Waals surface area contributed by atoms with Crippen molar-refractivity contribution in [3.05, 3.63) is 52.7 Å². The second-order valence-electron chi connectivity index (χ2n) is 8.78. The second-order valence-corrected chi connectivity index (χ2v) is 12.1. The Morgan fingerprint density at radius 2 is 1.85 bits per heavy atom. The van der Waals surface area contributed by atoms with Crippen molar-refractivity contribution in [1.82, 2.24) is 4.98 Å². The number of hydrogen-bond acceptors (Lipinski definition) is 5. The van der Waals surface area contributed by atoms with Crippen LogP contribution in [0.25, 0.3) is 0 Å². The van der Waals surface area contributed by atoms with Crippen LogP contribution in [0.15, 0.2) is 41.4 Å². The van der Waals surface area contributed by atoms with Crippen LogP contribution in [0.2, 0.25) is 5.02 Å². The number of benzene rings is 1. The van der Waals surface area contributed by atoms with Crippen molar-refractivity contribution in [3.63, 3.8) is 0 Å². The lowest BCUT2D eigenvalue weighted by Crippen LogP contribution is -2.40. The van der Waals surface area contributed by atoms with Gasteiger partial charge in [0.15, 0.2) is 9.84 Å². The number of hydrogen-bond donors (Lipinski definition) is 0. The lowest BCUT2D eigenvalue weighted by Gasteiger charge is -2.28. The van der Waals surface area contributed by atoms with Crippen LogP contribution < -0.4 is 4.90 Å². The maximum absolute atomic E-state index is 13.6. The number of aryl methyl sites for hydroxylation is 1. The largest absolute Gasteiger partial charge is 0.381 e. The van der Waals surface area contributed by atoms with Crippen molar-refractivity contribution in [2.45, 2.75) is 51.2 Å². The molecule has 0 bridgehead atoms. The van der Waals surface area contributed by atoms with Crippen molar-refractivity contribution >= 4 is 49.1 Å². The second kappa shape index (κ2) is 11.8. The van der Waals surface area contributed by atoms with E-state index in [2.05, 4.69) is 20.9 Å². The number of carbonyl (C=O) groups is 1. The third kappa shape index (κ3) is 7.01. The molecule has 1 unspecified atom stereocenters. The predicted octanol–water partition coefficient (Wildman–Crippen LogP) is 5.76. The summed E-state index contributed by atoms with van der Waals surface area (Å²) < 4.78 is 32.7. The molecule has 0 saturated carbocycles. The topological polar surface area (TPSA) is 76.6 Å². The minimum atomic E-state index is -3.73. The van der Waals surface area contributed by atoms with Crippen molar-refractivity contribution in [3.8, 4) is 0 Å². The molecule has 2 rings (SSSR count). The van der Waals surface area contributed by atoms with Gasteiger partial charge in [-0.25, -0.2) is 13.4 Å². The Morgan fingerprint density at radius 1 is 1.21 bits per heavy atom. The zero-order valence-corrected chi connectivity index (χ0v) is 22.9. The number of anilines is 1. The molecule has 2 aromatic rings. The number of carbonyl (C=O) groups excluding carboxylic acids is 1. The van der Waals surface area contributed by atoms with Crippen molar-refractivity contribution in [1.29, 1.82) is 0 Å². The average molecular weight is 560 g/mol. The molecule has 0 aliphatic carbocycles. The number of amides is 1. The van der Waals surface area contributed by atoms with Gasteiger partial charge in [0.2, 0.25) is 5.91 Å². The highest BCUT2D eigenvalue weighted by Gasteiger charge is 2.32. The molecular formula is C24H32BrClN2O4S. The summed E-state index contributed by atoms with van der Waals surface area (Å²) in [5.74, 6) is 0.468. The smallest absolute Gasteiger partial charge is 0.233 e. The highest BCUT2D eigenvalue weighted by atomic mass is 79.9. The van der Waals surface area contributed by atoms with Gasteiger partial charge in [0.1, 0.15) is 5.82 Å². The summed E-state index contributed by atoms with van der Waals surface area (Å²) in [5.41, 5.74) is 0.788. The third-order valence-electron chi connectivity index (χ3n) is 5.23. The highest BCUT2D eigenvalue weighted by Crippen LogP contribution is 2.35. The Kier molecular flexibility index (Phi) is 9.91.